The second kappa shape index (κ2) is 4.11. The normalized spacial score (nSPS) is 10.6. The van der Waals surface area contributed by atoms with E-state index in [4.69, 9.17) is 14.4 Å². The smallest absolute Gasteiger partial charge is 0.356 e. The number of carbonyl (C=O) groups is 1. The van der Waals surface area contributed by atoms with Gasteiger partial charge in [-0.25, -0.2) is 9.78 Å². The summed E-state index contributed by atoms with van der Waals surface area (Å²) in [5, 5.41) is 12.4. The van der Waals surface area contributed by atoms with Gasteiger partial charge in [0, 0.05) is 7.11 Å². The lowest BCUT2D eigenvalue weighted by Crippen LogP contribution is -1.99. The summed E-state index contributed by atoms with van der Waals surface area (Å²) in [5.74, 6) is -0.756. The Labute approximate surface area is 89.3 Å². The zero-order valence-corrected chi connectivity index (χ0v) is 8.30. The number of nitrogens with one attached hydrogen (secondary N) is 1. The Morgan fingerprint density at radius 3 is 3.19 bits per heavy atom. The van der Waals surface area contributed by atoms with Gasteiger partial charge in [-0.1, -0.05) is 5.16 Å². The van der Waals surface area contributed by atoms with Gasteiger partial charge in [0.2, 0.25) is 0 Å². The molecule has 0 atom stereocenters. The number of aromatic carboxylic acids is 1. The standard InChI is InChI=1S/C8H8N4O4/c1-15-2-4-11-7(16-12-4)5-6(8(13)14)10-3-9-5/h3H,2H2,1H3,(H,9,10)(H,13,14). The molecule has 0 unspecified atom stereocenters. The number of rotatable bonds is 4. The average Bonchev–Trinajstić information content (AvgIpc) is 2.83. The van der Waals surface area contributed by atoms with Crippen LogP contribution in [0.2, 0.25) is 0 Å². The minimum absolute atomic E-state index is 0.0713. The molecule has 0 aromatic carbocycles. The fraction of sp³-hybridized carbons (Fsp3) is 0.250. The number of hydrogen-bond acceptors (Lipinski definition) is 6. The van der Waals surface area contributed by atoms with Crippen molar-refractivity contribution >= 4 is 5.97 Å². The molecule has 0 saturated carbocycles. The van der Waals surface area contributed by atoms with Crippen molar-refractivity contribution in [3.63, 3.8) is 0 Å². The largest absolute Gasteiger partial charge is 0.476 e. The van der Waals surface area contributed by atoms with Crippen LogP contribution in [0.15, 0.2) is 10.9 Å². The van der Waals surface area contributed by atoms with E-state index in [1.165, 1.54) is 13.4 Å². The van der Waals surface area contributed by atoms with Crippen molar-refractivity contribution in [3.8, 4) is 11.6 Å². The van der Waals surface area contributed by atoms with Gasteiger partial charge in [-0.2, -0.15) is 4.98 Å². The van der Waals surface area contributed by atoms with E-state index in [1.54, 1.807) is 0 Å². The van der Waals surface area contributed by atoms with Crippen LogP contribution in [0.1, 0.15) is 16.3 Å². The predicted molar refractivity (Wildman–Crippen MR) is 49.6 cm³/mol. The van der Waals surface area contributed by atoms with Crippen LogP contribution in [0.25, 0.3) is 11.6 Å². The summed E-state index contributed by atoms with van der Waals surface area (Å²) < 4.78 is 9.69. The molecule has 2 rings (SSSR count). The second-order valence-electron chi connectivity index (χ2n) is 2.88. The molecule has 0 aliphatic rings. The lowest BCUT2D eigenvalue weighted by atomic mass is 10.3. The van der Waals surface area contributed by atoms with Crippen molar-refractivity contribution in [2.75, 3.05) is 7.11 Å². The van der Waals surface area contributed by atoms with Crippen molar-refractivity contribution in [1.82, 2.24) is 20.1 Å². The van der Waals surface area contributed by atoms with Crippen LogP contribution < -0.4 is 0 Å². The first-order valence-corrected chi connectivity index (χ1v) is 4.31. The molecule has 0 radical (unpaired) electrons. The zero-order valence-electron chi connectivity index (χ0n) is 8.30. The number of ether oxygens (including phenoxy) is 1. The monoisotopic (exact) mass is 224 g/mol. The third-order valence-corrected chi connectivity index (χ3v) is 1.80. The average molecular weight is 224 g/mol. The van der Waals surface area contributed by atoms with Crippen LogP contribution in [0.4, 0.5) is 0 Å². The molecule has 0 amide bonds. The number of nitrogens with zero attached hydrogens (tertiary/aromatic N) is 3. The maximum Gasteiger partial charge on any atom is 0.356 e. The first-order valence-electron chi connectivity index (χ1n) is 4.31. The third kappa shape index (κ3) is 1.77. The van der Waals surface area contributed by atoms with Crippen LogP contribution in [-0.4, -0.2) is 38.3 Å². The van der Waals surface area contributed by atoms with E-state index in [9.17, 15) is 4.79 Å². The van der Waals surface area contributed by atoms with Crippen molar-refractivity contribution in [2.45, 2.75) is 6.61 Å². The predicted octanol–water partition coefficient (Wildman–Crippen LogP) is 0.304. The molecule has 8 heteroatoms. The molecule has 0 spiro atoms. The third-order valence-electron chi connectivity index (χ3n) is 1.80. The lowest BCUT2D eigenvalue weighted by Gasteiger charge is -1.90. The van der Waals surface area contributed by atoms with Gasteiger partial charge in [0.05, 0.1) is 6.33 Å². The molecule has 2 heterocycles. The molecule has 0 fully saturated rings. The second-order valence-corrected chi connectivity index (χ2v) is 2.88. The van der Waals surface area contributed by atoms with E-state index in [-0.39, 0.29) is 23.9 Å². The van der Waals surface area contributed by atoms with Crippen molar-refractivity contribution in [2.24, 2.45) is 0 Å². The van der Waals surface area contributed by atoms with Gasteiger partial charge in [-0.15, -0.1) is 0 Å². The molecule has 8 nitrogen and oxygen atoms in total. The van der Waals surface area contributed by atoms with Gasteiger partial charge in [0.1, 0.15) is 12.3 Å². The first-order chi connectivity index (χ1) is 7.72. The summed E-state index contributed by atoms with van der Waals surface area (Å²) >= 11 is 0. The Kier molecular flexibility index (Phi) is 2.64. The Bertz CT molecular complexity index is 504. The highest BCUT2D eigenvalue weighted by Gasteiger charge is 2.19. The van der Waals surface area contributed by atoms with E-state index in [2.05, 4.69) is 20.1 Å². The van der Waals surface area contributed by atoms with E-state index in [0.717, 1.165) is 0 Å². The summed E-state index contributed by atoms with van der Waals surface area (Å²) in [7, 11) is 1.49. The van der Waals surface area contributed by atoms with E-state index in [0.29, 0.717) is 5.82 Å². The minimum Gasteiger partial charge on any atom is -0.476 e. The Morgan fingerprint density at radius 2 is 2.50 bits per heavy atom. The number of imidazole rings is 1. The highest BCUT2D eigenvalue weighted by Crippen LogP contribution is 2.18. The van der Waals surface area contributed by atoms with Crippen molar-refractivity contribution < 1.29 is 19.2 Å². The molecule has 16 heavy (non-hydrogen) atoms. The van der Waals surface area contributed by atoms with E-state index < -0.39 is 5.97 Å². The molecule has 2 aromatic rings. The van der Waals surface area contributed by atoms with Crippen molar-refractivity contribution in [1.29, 1.82) is 0 Å². The number of carboxylic acids is 1. The molecule has 2 N–H and O–H groups in total. The van der Waals surface area contributed by atoms with Gasteiger partial charge >= 0.3 is 5.97 Å². The quantitative estimate of drug-likeness (QED) is 0.767. The van der Waals surface area contributed by atoms with Crippen LogP contribution in [-0.2, 0) is 11.3 Å². The number of hydrogen-bond donors (Lipinski definition) is 2. The van der Waals surface area contributed by atoms with Gasteiger partial charge in [0.15, 0.2) is 11.5 Å². The molecule has 0 saturated heterocycles. The van der Waals surface area contributed by atoms with Crippen molar-refractivity contribution in [3.05, 3.63) is 17.8 Å². The van der Waals surface area contributed by atoms with Crippen LogP contribution in [0, 0.1) is 0 Å². The number of carboxylic acid groups (broad SMARTS) is 1. The first kappa shape index (κ1) is 10.3. The van der Waals surface area contributed by atoms with Crippen LogP contribution in [0.3, 0.4) is 0 Å². The van der Waals surface area contributed by atoms with Gasteiger partial charge in [-0.3, -0.25) is 0 Å². The molecular weight excluding hydrogens is 216 g/mol. The summed E-state index contributed by atoms with van der Waals surface area (Å²) in [4.78, 5) is 21.0. The maximum atomic E-state index is 10.8. The number of methoxy groups -OCH3 is 1. The fourth-order valence-corrected chi connectivity index (χ4v) is 1.16. The Hall–Kier alpha value is -2.22. The Morgan fingerprint density at radius 1 is 1.69 bits per heavy atom. The molecular formula is C8H8N4O4. The maximum absolute atomic E-state index is 10.8. The molecule has 2 aromatic heterocycles. The van der Waals surface area contributed by atoms with Crippen LogP contribution in [0.5, 0.6) is 0 Å². The highest BCUT2D eigenvalue weighted by molar-refractivity contribution is 5.91. The minimum atomic E-state index is -1.16. The SMILES string of the molecule is COCc1noc(-c2[nH]cnc2C(=O)O)n1. The van der Waals surface area contributed by atoms with Gasteiger partial charge < -0.3 is 19.4 Å². The van der Waals surface area contributed by atoms with Crippen LogP contribution >= 0.6 is 0 Å². The highest BCUT2D eigenvalue weighted by atomic mass is 16.5. The molecule has 0 aliphatic carbocycles. The number of aromatic amines is 1. The number of aromatic nitrogens is 4. The zero-order chi connectivity index (χ0) is 11.5. The van der Waals surface area contributed by atoms with Gasteiger partial charge in [0.25, 0.3) is 5.89 Å². The lowest BCUT2D eigenvalue weighted by molar-refractivity contribution is 0.0691. The summed E-state index contributed by atoms with van der Waals surface area (Å²) in [6.45, 7) is 0.194. The Balaban J connectivity index is 2.35. The molecule has 0 bridgehead atoms. The van der Waals surface area contributed by atoms with Gasteiger partial charge in [-0.05, 0) is 0 Å². The van der Waals surface area contributed by atoms with E-state index in [1.807, 2.05) is 0 Å². The molecule has 84 valence electrons. The number of H-pyrrole nitrogens is 1. The summed E-state index contributed by atoms with van der Waals surface area (Å²) in [6, 6.07) is 0. The summed E-state index contributed by atoms with van der Waals surface area (Å²) in [5.41, 5.74) is 0.0231. The van der Waals surface area contributed by atoms with E-state index >= 15 is 0 Å². The fourth-order valence-electron chi connectivity index (χ4n) is 1.16. The topological polar surface area (TPSA) is 114 Å². The summed E-state index contributed by atoms with van der Waals surface area (Å²) in [6.07, 6.45) is 1.25. The molecule has 0 aliphatic heterocycles.